The molecule has 0 N–H and O–H groups in total. The maximum Gasteiger partial charge on any atom is 0.256 e. The van der Waals surface area contributed by atoms with Crippen molar-refractivity contribution in [3.05, 3.63) is 60.8 Å². The Morgan fingerprint density at radius 1 is 1.17 bits per heavy atom. The molecule has 1 aliphatic heterocycles. The van der Waals surface area contributed by atoms with E-state index < -0.39 is 0 Å². The van der Waals surface area contributed by atoms with E-state index in [4.69, 9.17) is 0 Å². The first-order chi connectivity index (χ1) is 11.3. The highest BCUT2D eigenvalue weighted by Crippen LogP contribution is 2.24. The molecule has 0 spiro atoms. The van der Waals surface area contributed by atoms with Crippen LogP contribution in [0.25, 0.3) is 10.9 Å². The van der Waals surface area contributed by atoms with Crippen LogP contribution in [-0.2, 0) is 0 Å². The lowest BCUT2D eigenvalue weighted by atomic mass is 10.0. The van der Waals surface area contributed by atoms with Gasteiger partial charge in [-0.15, -0.1) is 0 Å². The lowest BCUT2D eigenvalue weighted by molar-refractivity contribution is 0.0681. The minimum absolute atomic E-state index is 0.0686. The molecule has 3 heterocycles. The Bertz CT molecular complexity index is 823. The van der Waals surface area contributed by atoms with Gasteiger partial charge in [-0.1, -0.05) is 18.2 Å². The van der Waals surface area contributed by atoms with Gasteiger partial charge in [0.1, 0.15) is 0 Å². The van der Waals surface area contributed by atoms with Crippen LogP contribution in [0.4, 0.5) is 0 Å². The Hall–Kier alpha value is -2.69. The molecule has 0 radical (unpaired) electrons. The maximum absolute atomic E-state index is 13.0. The monoisotopic (exact) mass is 306 g/mol. The quantitative estimate of drug-likeness (QED) is 0.731. The Labute approximate surface area is 134 Å². The SMILES string of the molecule is O=C(c1cccc2cccnc12)N1CCC[C@H](n2ccnc2)C1. The molecule has 0 unspecified atom stereocenters. The number of likely N-dealkylation sites (tertiary alicyclic amines) is 1. The number of imidazole rings is 1. The van der Waals surface area contributed by atoms with Gasteiger partial charge in [0.2, 0.25) is 0 Å². The number of rotatable bonds is 2. The van der Waals surface area contributed by atoms with Crippen molar-refractivity contribution in [1.82, 2.24) is 19.4 Å². The van der Waals surface area contributed by atoms with E-state index in [1.807, 2.05) is 47.8 Å². The number of piperidine rings is 1. The smallest absolute Gasteiger partial charge is 0.256 e. The van der Waals surface area contributed by atoms with Crippen LogP contribution in [0, 0.1) is 0 Å². The third kappa shape index (κ3) is 2.59. The number of para-hydroxylation sites is 1. The first-order valence-corrected chi connectivity index (χ1v) is 7.93. The van der Waals surface area contributed by atoms with E-state index in [-0.39, 0.29) is 5.91 Å². The number of fused-ring (bicyclic) bond motifs is 1. The second-order valence-corrected chi connectivity index (χ2v) is 5.94. The van der Waals surface area contributed by atoms with Gasteiger partial charge >= 0.3 is 0 Å². The first-order valence-electron chi connectivity index (χ1n) is 7.93. The molecule has 1 amide bonds. The van der Waals surface area contributed by atoms with Gasteiger partial charge in [0, 0.05) is 37.1 Å². The molecule has 5 nitrogen and oxygen atoms in total. The molecular weight excluding hydrogens is 288 g/mol. The van der Waals surface area contributed by atoms with Gasteiger partial charge in [-0.2, -0.15) is 0 Å². The summed E-state index contributed by atoms with van der Waals surface area (Å²) in [7, 11) is 0. The van der Waals surface area contributed by atoms with Crippen LogP contribution in [0.3, 0.4) is 0 Å². The standard InChI is InChI=1S/C18H18N4O/c23-18(16-7-1-4-14-5-2-8-20-17(14)16)21-10-3-6-15(12-21)22-11-9-19-13-22/h1-2,4-5,7-9,11,13,15H,3,6,10,12H2/t15-/m0/s1. The summed E-state index contributed by atoms with van der Waals surface area (Å²) in [5.74, 6) is 0.0686. The normalized spacial score (nSPS) is 18.3. The lowest BCUT2D eigenvalue weighted by Gasteiger charge is -2.33. The van der Waals surface area contributed by atoms with Crippen LogP contribution in [0.5, 0.6) is 0 Å². The minimum Gasteiger partial charge on any atom is -0.337 e. The number of amides is 1. The summed E-state index contributed by atoms with van der Waals surface area (Å²) in [4.78, 5) is 23.5. The van der Waals surface area contributed by atoms with Gasteiger partial charge in [-0.3, -0.25) is 9.78 Å². The van der Waals surface area contributed by atoms with Gasteiger partial charge in [0.05, 0.1) is 23.4 Å². The van der Waals surface area contributed by atoms with E-state index in [1.54, 1.807) is 12.4 Å². The zero-order chi connectivity index (χ0) is 15.6. The van der Waals surface area contributed by atoms with E-state index in [0.29, 0.717) is 11.6 Å². The highest BCUT2D eigenvalue weighted by Gasteiger charge is 2.26. The van der Waals surface area contributed by atoms with Crippen molar-refractivity contribution in [3.63, 3.8) is 0 Å². The summed E-state index contributed by atoms with van der Waals surface area (Å²) in [5, 5.41) is 1.00. The van der Waals surface area contributed by atoms with Gasteiger partial charge in [-0.25, -0.2) is 4.98 Å². The van der Waals surface area contributed by atoms with E-state index >= 15 is 0 Å². The van der Waals surface area contributed by atoms with Crippen molar-refractivity contribution in [3.8, 4) is 0 Å². The summed E-state index contributed by atoms with van der Waals surface area (Å²) in [5.41, 5.74) is 1.47. The Morgan fingerprint density at radius 2 is 2.09 bits per heavy atom. The Kier molecular flexibility index (Phi) is 3.54. The third-order valence-electron chi connectivity index (χ3n) is 4.49. The van der Waals surface area contributed by atoms with Crippen LogP contribution in [-0.4, -0.2) is 38.4 Å². The van der Waals surface area contributed by atoms with Crippen molar-refractivity contribution in [2.24, 2.45) is 0 Å². The molecular formula is C18H18N4O. The van der Waals surface area contributed by atoms with Crippen LogP contribution >= 0.6 is 0 Å². The topological polar surface area (TPSA) is 51.0 Å². The number of hydrogen-bond donors (Lipinski definition) is 0. The van der Waals surface area contributed by atoms with Gasteiger partial charge in [-0.05, 0) is 25.0 Å². The average molecular weight is 306 g/mol. The molecule has 1 fully saturated rings. The zero-order valence-corrected chi connectivity index (χ0v) is 12.8. The van der Waals surface area contributed by atoms with Gasteiger partial charge in [0.15, 0.2) is 0 Å². The number of hydrogen-bond acceptors (Lipinski definition) is 3. The average Bonchev–Trinajstić information content (AvgIpc) is 3.15. The van der Waals surface area contributed by atoms with Gasteiger partial charge < -0.3 is 9.47 Å². The molecule has 23 heavy (non-hydrogen) atoms. The predicted octanol–water partition coefficient (Wildman–Crippen LogP) is 2.91. The van der Waals surface area contributed by atoms with Crippen LogP contribution in [0.2, 0.25) is 0 Å². The van der Waals surface area contributed by atoms with Gasteiger partial charge in [0.25, 0.3) is 5.91 Å². The molecule has 0 bridgehead atoms. The first kappa shape index (κ1) is 13.9. The predicted molar refractivity (Wildman–Crippen MR) is 88.1 cm³/mol. The lowest BCUT2D eigenvalue weighted by Crippen LogP contribution is -2.40. The number of pyridine rings is 1. The molecule has 0 saturated carbocycles. The number of benzene rings is 1. The van der Waals surface area contributed by atoms with E-state index in [0.717, 1.165) is 36.8 Å². The van der Waals surface area contributed by atoms with Crippen molar-refractivity contribution >= 4 is 16.8 Å². The summed E-state index contributed by atoms with van der Waals surface area (Å²) in [6.07, 6.45) is 9.41. The molecule has 0 aliphatic carbocycles. The highest BCUT2D eigenvalue weighted by molar-refractivity contribution is 6.05. The number of aromatic nitrogens is 3. The highest BCUT2D eigenvalue weighted by atomic mass is 16.2. The number of carbonyl (C=O) groups is 1. The maximum atomic E-state index is 13.0. The largest absolute Gasteiger partial charge is 0.337 e. The van der Waals surface area contributed by atoms with Crippen molar-refractivity contribution in [1.29, 1.82) is 0 Å². The van der Waals surface area contributed by atoms with Crippen LogP contribution in [0.1, 0.15) is 29.2 Å². The fraction of sp³-hybridized carbons (Fsp3) is 0.278. The second-order valence-electron chi connectivity index (χ2n) is 5.94. The number of carbonyl (C=O) groups excluding carboxylic acids is 1. The molecule has 1 saturated heterocycles. The van der Waals surface area contributed by atoms with E-state index in [2.05, 4.69) is 14.5 Å². The fourth-order valence-corrected chi connectivity index (χ4v) is 3.32. The molecule has 116 valence electrons. The molecule has 1 aliphatic rings. The zero-order valence-electron chi connectivity index (χ0n) is 12.8. The molecule has 1 aromatic carbocycles. The molecule has 4 rings (SSSR count). The second kappa shape index (κ2) is 5.83. The third-order valence-corrected chi connectivity index (χ3v) is 4.49. The summed E-state index contributed by atoms with van der Waals surface area (Å²) < 4.78 is 2.10. The summed E-state index contributed by atoms with van der Waals surface area (Å²) >= 11 is 0. The van der Waals surface area contributed by atoms with E-state index in [9.17, 15) is 4.79 Å². The van der Waals surface area contributed by atoms with Crippen LogP contribution < -0.4 is 0 Å². The van der Waals surface area contributed by atoms with Crippen molar-refractivity contribution < 1.29 is 4.79 Å². The molecule has 5 heteroatoms. The molecule has 2 aromatic heterocycles. The minimum atomic E-state index is 0.0686. The summed E-state index contributed by atoms with van der Waals surface area (Å²) in [6, 6.07) is 9.98. The molecule has 1 atom stereocenters. The van der Waals surface area contributed by atoms with Crippen molar-refractivity contribution in [2.75, 3.05) is 13.1 Å². The Morgan fingerprint density at radius 3 is 2.96 bits per heavy atom. The summed E-state index contributed by atoms with van der Waals surface area (Å²) in [6.45, 7) is 1.52. The number of nitrogens with zero attached hydrogens (tertiary/aromatic N) is 4. The fourth-order valence-electron chi connectivity index (χ4n) is 3.32. The van der Waals surface area contributed by atoms with E-state index in [1.165, 1.54) is 0 Å². The Balaban J connectivity index is 1.63. The molecule has 3 aromatic rings. The van der Waals surface area contributed by atoms with Crippen LogP contribution in [0.15, 0.2) is 55.2 Å². The van der Waals surface area contributed by atoms with Crippen molar-refractivity contribution in [2.45, 2.75) is 18.9 Å².